The summed E-state index contributed by atoms with van der Waals surface area (Å²) in [6, 6.07) is 6.07. The second-order valence-corrected chi connectivity index (χ2v) is 13.1. The van der Waals surface area contributed by atoms with E-state index in [0.717, 1.165) is 37.7 Å². The number of carbonyl (C=O) groups excluding carboxylic acids is 6. The lowest BCUT2D eigenvalue weighted by molar-refractivity contribution is -0.141. The second kappa shape index (κ2) is 16.4. The van der Waals surface area contributed by atoms with Gasteiger partial charge in [0.25, 0.3) is 5.91 Å². The van der Waals surface area contributed by atoms with Gasteiger partial charge in [-0.3, -0.25) is 28.8 Å². The summed E-state index contributed by atoms with van der Waals surface area (Å²) in [5.74, 6) is -3.84. The van der Waals surface area contributed by atoms with Crippen LogP contribution in [0.25, 0.3) is 0 Å². The molecule has 0 unspecified atom stereocenters. The van der Waals surface area contributed by atoms with Gasteiger partial charge in [-0.05, 0) is 43.6 Å². The van der Waals surface area contributed by atoms with Gasteiger partial charge in [-0.25, -0.2) is 0 Å². The van der Waals surface area contributed by atoms with E-state index in [1.807, 2.05) is 37.3 Å². The third kappa shape index (κ3) is 10.2. The second-order valence-electron chi connectivity index (χ2n) is 13.1. The third-order valence-electron chi connectivity index (χ3n) is 8.42. The molecule has 0 radical (unpaired) electrons. The van der Waals surface area contributed by atoms with E-state index in [9.17, 15) is 28.8 Å². The zero-order valence-corrected chi connectivity index (χ0v) is 26.5. The lowest BCUT2D eigenvalue weighted by Crippen LogP contribution is -2.59. The molecule has 242 valence electrons. The molecule has 2 aliphatic rings. The Labute approximate surface area is 260 Å². The smallest absolute Gasteiger partial charge is 0.289 e. The van der Waals surface area contributed by atoms with E-state index in [0.29, 0.717) is 19.4 Å². The van der Waals surface area contributed by atoms with Crippen LogP contribution in [0.3, 0.4) is 0 Å². The van der Waals surface area contributed by atoms with Gasteiger partial charge in [-0.2, -0.15) is 0 Å². The average Bonchev–Trinajstić information content (AvgIpc) is 3.41. The number of ketones is 1. The molecule has 5 N–H and O–H groups in total. The van der Waals surface area contributed by atoms with Crippen LogP contribution in [-0.2, 0) is 35.3 Å². The predicted molar refractivity (Wildman–Crippen MR) is 166 cm³/mol. The zero-order chi connectivity index (χ0) is 32.3. The summed E-state index contributed by atoms with van der Waals surface area (Å²) in [7, 11) is 0. The first-order valence-electron chi connectivity index (χ1n) is 16.0. The number of rotatable bonds is 14. The summed E-state index contributed by atoms with van der Waals surface area (Å²) in [6.07, 6.45) is 5.88. The molecule has 1 aromatic carbocycles. The van der Waals surface area contributed by atoms with Crippen LogP contribution in [0.2, 0.25) is 0 Å². The molecule has 1 saturated carbocycles. The highest BCUT2D eigenvalue weighted by Crippen LogP contribution is 2.28. The minimum Gasteiger partial charge on any atom is -0.356 e. The van der Waals surface area contributed by atoms with Gasteiger partial charge in [-0.1, -0.05) is 83.7 Å². The molecule has 1 aliphatic carbocycles. The number of nitrogens with one attached hydrogen (secondary N) is 5. The fourth-order valence-electron chi connectivity index (χ4n) is 5.72. The van der Waals surface area contributed by atoms with E-state index in [-0.39, 0.29) is 37.1 Å². The summed E-state index contributed by atoms with van der Waals surface area (Å²) in [6.45, 7) is 7.80. The fraction of sp³-hybridized carbons (Fsp3) is 0.636. The standard InChI is InChI=1S/C33H49N5O6/c1-5-12-24(36-30(42)26(22-15-10-7-11-16-22)38-32(44)33(2,3)4)29(41)37-25(19-23-17-18-34-28(23)40)27(39)31(43)35-20-21-13-8-6-9-14-21/h6,8-9,13-14,22-26H,5,7,10-12,15-20H2,1-4H3,(H,34,40)(H,35,43)(H,36,42)(H,37,41)(H,38,44)/t23-,24-,25-,26+/m0/s1. The normalized spacial score (nSPS) is 19.2. The molecule has 1 heterocycles. The van der Waals surface area contributed by atoms with Crippen molar-refractivity contribution in [3.63, 3.8) is 0 Å². The van der Waals surface area contributed by atoms with Crippen LogP contribution in [0.5, 0.6) is 0 Å². The summed E-state index contributed by atoms with van der Waals surface area (Å²) in [5, 5.41) is 13.8. The van der Waals surface area contributed by atoms with Crippen molar-refractivity contribution in [2.45, 2.75) is 110 Å². The maximum absolute atomic E-state index is 13.7. The number of hydrogen-bond donors (Lipinski definition) is 5. The quantitative estimate of drug-likeness (QED) is 0.203. The largest absolute Gasteiger partial charge is 0.356 e. The van der Waals surface area contributed by atoms with Crippen LogP contribution in [0.1, 0.15) is 91.0 Å². The third-order valence-corrected chi connectivity index (χ3v) is 8.42. The summed E-state index contributed by atoms with van der Waals surface area (Å²) in [4.78, 5) is 78.8. The fourth-order valence-corrected chi connectivity index (χ4v) is 5.72. The molecule has 1 saturated heterocycles. The van der Waals surface area contributed by atoms with E-state index < -0.39 is 53.0 Å². The van der Waals surface area contributed by atoms with E-state index in [2.05, 4.69) is 26.6 Å². The van der Waals surface area contributed by atoms with Crippen molar-refractivity contribution in [1.29, 1.82) is 0 Å². The monoisotopic (exact) mass is 611 g/mol. The first kappa shape index (κ1) is 34.7. The van der Waals surface area contributed by atoms with E-state index in [1.165, 1.54) is 0 Å². The van der Waals surface area contributed by atoms with Crippen LogP contribution in [-0.4, -0.2) is 60.0 Å². The molecular weight excluding hydrogens is 562 g/mol. The van der Waals surface area contributed by atoms with E-state index in [1.54, 1.807) is 20.8 Å². The first-order valence-corrected chi connectivity index (χ1v) is 16.0. The molecule has 11 nitrogen and oxygen atoms in total. The van der Waals surface area contributed by atoms with Crippen LogP contribution in [0, 0.1) is 17.3 Å². The molecule has 2 fully saturated rings. The van der Waals surface area contributed by atoms with Crippen molar-refractivity contribution in [2.24, 2.45) is 17.3 Å². The lowest BCUT2D eigenvalue weighted by Gasteiger charge is -2.33. The Morgan fingerprint density at radius 1 is 0.886 bits per heavy atom. The molecule has 1 aromatic rings. The molecule has 11 heteroatoms. The summed E-state index contributed by atoms with van der Waals surface area (Å²) < 4.78 is 0. The maximum Gasteiger partial charge on any atom is 0.289 e. The van der Waals surface area contributed by atoms with Crippen molar-refractivity contribution in [3.8, 4) is 0 Å². The SMILES string of the molecule is CCC[C@H](NC(=O)[C@H](NC(=O)C(C)(C)C)C1CCCCC1)C(=O)N[C@@H](C[C@@H]1CCNC1=O)C(=O)C(=O)NCc1ccccc1. The van der Waals surface area contributed by atoms with Gasteiger partial charge in [0.2, 0.25) is 29.4 Å². The summed E-state index contributed by atoms with van der Waals surface area (Å²) >= 11 is 0. The minimum atomic E-state index is -1.25. The lowest BCUT2D eigenvalue weighted by atomic mass is 9.82. The number of carbonyl (C=O) groups is 6. The van der Waals surface area contributed by atoms with Gasteiger partial charge in [0.05, 0.1) is 6.04 Å². The topological polar surface area (TPSA) is 163 Å². The highest BCUT2D eigenvalue weighted by atomic mass is 16.2. The number of Topliss-reactive ketones (excluding diaryl/α,β-unsaturated/α-hetero) is 1. The van der Waals surface area contributed by atoms with Crippen molar-refractivity contribution < 1.29 is 28.8 Å². The Bertz CT molecular complexity index is 1170. The van der Waals surface area contributed by atoms with Crippen molar-refractivity contribution >= 4 is 35.3 Å². The van der Waals surface area contributed by atoms with Gasteiger partial charge in [0.15, 0.2) is 0 Å². The molecule has 44 heavy (non-hydrogen) atoms. The molecule has 0 aromatic heterocycles. The number of amides is 5. The van der Waals surface area contributed by atoms with Crippen LogP contribution < -0.4 is 26.6 Å². The number of benzene rings is 1. The molecule has 0 bridgehead atoms. The molecule has 3 rings (SSSR count). The minimum absolute atomic E-state index is 0.0334. The molecule has 0 spiro atoms. The van der Waals surface area contributed by atoms with E-state index in [4.69, 9.17) is 0 Å². The van der Waals surface area contributed by atoms with Gasteiger partial charge < -0.3 is 26.6 Å². The Balaban J connectivity index is 1.75. The van der Waals surface area contributed by atoms with Gasteiger partial charge in [0, 0.05) is 24.4 Å². The molecule has 4 atom stereocenters. The van der Waals surface area contributed by atoms with Crippen molar-refractivity contribution in [3.05, 3.63) is 35.9 Å². The Morgan fingerprint density at radius 3 is 2.14 bits per heavy atom. The highest BCUT2D eigenvalue weighted by Gasteiger charge is 2.38. The van der Waals surface area contributed by atoms with Crippen LogP contribution in [0.15, 0.2) is 30.3 Å². The van der Waals surface area contributed by atoms with Crippen molar-refractivity contribution in [1.82, 2.24) is 26.6 Å². The van der Waals surface area contributed by atoms with Gasteiger partial charge >= 0.3 is 0 Å². The van der Waals surface area contributed by atoms with E-state index >= 15 is 0 Å². The Kier molecular flexibility index (Phi) is 12.9. The first-order chi connectivity index (χ1) is 20.9. The highest BCUT2D eigenvalue weighted by molar-refractivity contribution is 6.38. The van der Waals surface area contributed by atoms with Crippen LogP contribution in [0.4, 0.5) is 0 Å². The number of hydrogen-bond acceptors (Lipinski definition) is 6. The molecular formula is C33H49N5O6. The zero-order valence-electron chi connectivity index (χ0n) is 26.5. The molecule has 5 amide bonds. The van der Waals surface area contributed by atoms with Crippen molar-refractivity contribution in [2.75, 3.05) is 6.54 Å². The maximum atomic E-state index is 13.7. The summed E-state index contributed by atoms with van der Waals surface area (Å²) in [5.41, 5.74) is 0.107. The average molecular weight is 612 g/mol. The predicted octanol–water partition coefficient (Wildman–Crippen LogP) is 2.28. The van der Waals surface area contributed by atoms with Gasteiger partial charge in [-0.15, -0.1) is 0 Å². The van der Waals surface area contributed by atoms with Crippen LogP contribution >= 0.6 is 0 Å². The Hall–Kier alpha value is -3.76. The Morgan fingerprint density at radius 2 is 1.55 bits per heavy atom. The molecule has 1 aliphatic heterocycles. The van der Waals surface area contributed by atoms with Gasteiger partial charge in [0.1, 0.15) is 12.1 Å².